The molecule has 3 rings (SSSR count). The predicted octanol–water partition coefficient (Wildman–Crippen LogP) is 2.93. The van der Waals surface area contributed by atoms with Crippen LogP contribution in [-0.2, 0) is 0 Å². The topological polar surface area (TPSA) is 37.4 Å². The Morgan fingerprint density at radius 1 is 1.33 bits per heavy atom. The lowest BCUT2D eigenvalue weighted by molar-refractivity contribution is 0.341. The molecular formula is C16H21N3OS. The maximum Gasteiger partial charge on any atom is 0.185 e. The molecule has 0 bridgehead atoms. The van der Waals surface area contributed by atoms with Crippen molar-refractivity contribution in [3.05, 3.63) is 29.1 Å². The number of benzene rings is 1. The summed E-state index contributed by atoms with van der Waals surface area (Å²) < 4.78 is 5.74. The van der Waals surface area contributed by atoms with Gasteiger partial charge in [0.05, 0.1) is 12.3 Å². The van der Waals surface area contributed by atoms with Crippen LogP contribution >= 0.6 is 11.3 Å². The number of nitrogens with one attached hydrogen (secondary N) is 1. The van der Waals surface area contributed by atoms with E-state index in [1.54, 1.807) is 11.3 Å². The average molecular weight is 303 g/mol. The van der Waals surface area contributed by atoms with Gasteiger partial charge in [0.2, 0.25) is 0 Å². The zero-order chi connectivity index (χ0) is 14.7. The maximum atomic E-state index is 5.74. The van der Waals surface area contributed by atoms with Gasteiger partial charge in [-0.2, -0.15) is 0 Å². The van der Waals surface area contributed by atoms with Crippen LogP contribution in [0.5, 0.6) is 5.75 Å². The minimum absolute atomic E-state index is 0.671. The van der Waals surface area contributed by atoms with Crippen molar-refractivity contribution in [1.82, 2.24) is 10.3 Å². The summed E-state index contributed by atoms with van der Waals surface area (Å²) in [4.78, 5) is 7.17. The van der Waals surface area contributed by atoms with Gasteiger partial charge in [0.15, 0.2) is 5.13 Å². The molecule has 1 aromatic carbocycles. The molecule has 5 heteroatoms. The molecule has 2 heterocycles. The average Bonchev–Trinajstić information content (AvgIpc) is 3.00. The van der Waals surface area contributed by atoms with E-state index in [0.717, 1.165) is 48.3 Å². The Labute approximate surface area is 129 Å². The largest absolute Gasteiger partial charge is 0.493 e. The van der Waals surface area contributed by atoms with Crippen LogP contribution in [0.2, 0.25) is 0 Å². The van der Waals surface area contributed by atoms with E-state index in [9.17, 15) is 0 Å². The number of hydrogen-bond donors (Lipinski definition) is 1. The Morgan fingerprint density at radius 3 is 2.90 bits per heavy atom. The first-order valence-corrected chi connectivity index (χ1v) is 8.31. The third-order valence-electron chi connectivity index (χ3n) is 3.59. The summed E-state index contributed by atoms with van der Waals surface area (Å²) in [7, 11) is 0. The van der Waals surface area contributed by atoms with Gasteiger partial charge in [0.1, 0.15) is 5.75 Å². The smallest absolute Gasteiger partial charge is 0.185 e. The molecule has 0 atom stereocenters. The number of rotatable bonds is 4. The van der Waals surface area contributed by atoms with E-state index >= 15 is 0 Å². The van der Waals surface area contributed by atoms with Crippen molar-refractivity contribution in [3.8, 4) is 17.0 Å². The first-order chi connectivity index (χ1) is 10.3. The summed E-state index contributed by atoms with van der Waals surface area (Å²) in [6, 6.07) is 6.28. The summed E-state index contributed by atoms with van der Waals surface area (Å²) >= 11 is 1.72. The van der Waals surface area contributed by atoms with Crippen LogP contribution in [0.4, 0.5) is 5.13 Å². The fourth-order valence-corrected chi connectivity index (χ4v) is 3.39. The van der Waals surface area contributed by atoms with Crippen LogP contribution in [0.3, 0.4) is 0 Å². The lowest BCUT2D eigenvalue weighted by Gasteiger charge is -2.26. The summed E-state index contributed by atoms with van der Waals surface area (Å²) in [5, 5.41) is 6.61. The lowest BCUT2D eigenvalue weighted by Crippen LogP contribution is -2.43. The molecule has 21 heavy (non-hydrogen) atoms. The van der Waals surface area contributed by atoms with Gasteiger partial charge in [-0.15, -0.1) is 11.3 Å². The van der Waals surface area contributed by atoms with Crippen LogP contribution in [0.15, 0.2) is 23.6 Å². The zero-order valence-corrected chi connectivity index (χ0v) is 13.4. The van der Waals surface area contributed by atoms with Crippen molar-refractivity contribution in [1.29, 1.82) is 0 Å². The molecule has 112 valence electrons. The molecule has 0 unspecified atom stereocenters. The highest BCUT2D eigenvalue weighted by Gasteiger charge is 2.16. The second-order valence-corrected chi connectivity index (χ2v) is 6.02. The minimum atomic E-state index is 0.671. The first kappa shape index (κ1) is 14.4. The van der Waals surface area contributed by atoms with E-state index in [4.69, 9.17) is 9.72 Å². The molecule has 0 radical (unpaired) electrons. The van der Waals surface area contributed by atoms with Crippen molar-refractivity contribution in [2.75, 3.05) is 37.7 Å². The molecule has 1 aliphatic heterocycles. The quantitative estimate of drug-likeness (QED) is 0.942. The molecular weight excluding hydrogens is 282 g/mol. The molecule has 4 nitrogen and oxygen atoms in total. The molecule has 1 N–H and O–H groups in total. The third-order valence-corrected chi connectivity index (χ3v) is 4.49. The standard InChI is InChI=1S/C16H21N3OS/c1-3-20-15-5-4-12(2)10-13(15)14-11-21-16(18-14)19-8-6-17-7-9-19/h4-5,10-11,17H,3,6-9H2,1-2H3. The molecule has 0 aliphatic carbocycles. The highest BCUT2D eigenvalue weighted by Crippen LogP contribution is 2.34. The zero-order valence-electron chi connectivity index (χ0n) is 12.6. The van der Waals surface area contributed by atoms with Crippen molar-refractivity contribution in [2.24, 2.45) is 0 Å². The fourth-order valence-electron chi connectivity index (χ4n) is 2.51. The van der Waals surface area contributed by atoms with Gasteiger partial charge >= 0.3 is 0 Å². The second kappa shape index (κ2) is 6.45. The molecule has 0 spiro atoms. The number of aromatic nitrogens is 1. The summed E-state index contributed by atoms with van der Waals surface area (Å²) in [6.45, 7) is 8.90. The molecule has 1 saturated heterocycles. The molecule has 1 fully saturated rings. The van der Waals surface area contributed by atoms with E-state index in [-0.39, 0.29) is 0 Å². The van der Waals surface area contributed by atoms with Gasteiger partial charge in [-0.25, -0.2) is 4.98 Å². The molecule has 1 aliphatic rings. The first-order valence-electron chi connectivity index (χ1n) is 7.43. The van der Waals surface area contributed by atoms with E-state index < -0.39 is 0 Å². The number of piperazine rings is 1. The maximum absolute atomic E-state index is 5.74. The van der Waals surface area contributed by atoms with Crippen molar-refractivity contribution in [3.63, 3.8) is 0 Å². The van der Waals surface area contributed by atoms with Gasteiger partial charge < -0.3 is 15.0 Å². The number of nitrogens with zero attached hydrogens (tertiary/aromatic N) is 2. The Morgan fingerprint density at radius 2 is 2.14 bits per heavy atom. The van der Waals surface area contributed by atoms with Crippen LogP contribution in [0, 0.1) is 6.92 Å². The monoisotopic (exact) mass is 303 g/mol. The van der Waals surface area contributed by atoms with Crippen LogP contribution in [0.1, 0.15) is 12.5 Å². The lowest BCUT2D eigenvalue weighted by atomic mass is 10.1. The molecule has 1 aromatic heterocycles. The van der Waals surface area contributed by atoms with Crippen LogP contribution in [0.25, 0.3) is 11.3 Å². The van der Waals surface area contributed by atoms with Gasteiger partial charge in [-0.3, -0.25) is 0 Å². The number of hydrogen-bond acceptors (Lipinski definition) is 5. The van der Waals surface area contributed by atoms with E-state index in [1.807, 2.05) is 13.0 Å². The van der Waals surface area contributed by atoms with Gasteiger partial charge in [-0.1, -0.05) is 11.6 Å². The Balaban J connectivity index is 1.90. The van der Waals surface area contributed by atoms with Gasteiger partial charge in [0, 0.05) is 37.1 Å². The van der Waals surface area contributed by atoms with E-state index in [1.165, 1.54) is 5.56 Å². The van der Waals surface area contributed by atoms with Crippen LogP contribution < -0.4 is 15.0 Å². The van der Waals surface area contributed by atoms with Crippen molar-refractivity contribution < 1.29 is 4.74 Å². The SMILES string of the molecule is CCOc1ccc(C)cc1-c1csc(N2CCNCC2)n1. The number of aryl methyl sites for hydroxylation is 1. The summed E-state index contributed by atoms with van der Waals surface area (Å²) in [6.07, 6.45) is 0. The highest BCUT2D eigenvalue weighted by atomic mass is 32.1. The number of thiazole rings is 1. The Kier molecular flexibility index (Phi) is 4.41. The Hall–Kier alpha value is -1.59. The number of anilines is 1. The van der Waals surface area contributed by atoms with E-state index in [0.29, 0.717) is 6.61 Å². The second-order valence-electron chi connectivity index (χ2n) is 5.18. The van der Waals surface area contributed by atoms with Gasteiger partial charge in [0.25, 0.3) is 0 Å². The highest BCUT2D eigenvalue weighted by molar-refractivity contribution is 7.14. The summed E-state index contributed by atoms with van der Waals surface area (Å²) in [5.74, 6) is 0.917. The Bertz CT molecular complexity index is 605. The minimum Gasteiger partial charge on any atom is -0.493 e. The number of ether oxygens (including phenoxy) is 1. The molecule has 0 amide bonds. The molecule has 0 saturated carbocycles. The summed E-state index contributed by atoms with van der Waals surface area (Å²) in [5.41, 5.74) is 3.33. The normalized spacial score (nSPS) is 15.2. The third kappa shape index (κ3) is 3.19. The van der Waals surface area contributed by atoms with Crippen molar-refractivity contribution >= 4 is 16.5 Å². The predicted molar refractivity (Wildman–Crippen MR) is 88.5 cm³/mol. The van der Waals surface area contributed by atoms with Crippen molar-refractivity contribution in [2.45, 2.75) is 13.8 Å². The molecule has 2 aromatic rings. The van der Waals surface area contributed by atoms with Crippen LogP contribution in [-0.4, -0.2) is 37.8 Å². The van der Waals surface area contributed by atoms with Gasteiger partial charge in [-0.05, 0) is 26.0 Å². The fraction of sp³-hybridized carbons (Fsp3) is 0.438. The van der Waals surface area contributed by atoms with E-state index in [2.05, 4.69) is 34.7 Å².